The first-order valence-electron chi connectivity index (χ1n) is 21.3. The van der Waals surface area contributed by atoms with E-state index in [-0.39, 0.29) is 0 Å². The Balaban J connectivity index is 0.952. The Bertz CT molecular complexity index is 3430. The van der Waals surface area contributed by atoms with Gasteiger partial charge in [0, 0.05) is 50.4 Å². The summed E-state index contributed by atoms with van der Waals surface area (Å²) < 4.78 is 19.4. The normalized spacial score (nSPS) is 11.8. The first-order valence-corrected chi connectivity index (χ1v) is 21.3. The van der Waals surface area contributed by atoms with E-state index in [4.69, 9.17) is 34.6 Å². The summed E-state index contributed by atoms with van der Waals surface area (Å²) in [5, 5.41) is 0. The van der Waals surface area contributed by atoms with Crippen LogP contribution in [0.3, 0.4) is 0 Å². The summed E-state index contributed by atoms with van der Waals surface area (Å²) in [6.45, 7) is 2.03. The summed E-state index contributed by atoms with van der Waals surface area (Å²) in [7, 11) is 0. The second-order valence-corrected chi connectivity index (χ2v) is 15.6. The highest BCUT2D eigenvalue weighted by molar-refractivity contribution is 5.93. The smallest absolute Gasteiger partial charge is 0.227 e. The minimum Gasteiger partial charge on any atom is -0.435 e. The third kappa shape index (κ3) is 7.45. The molecule has 0 fully saturated rings. The fourth-order valence-corrected chi connectivity index (χ4v) is 8.26. The summed E-state index contributed by atoms with van der Waals surface area (Å²) >= 11 is 0. The quantitative estimate of drug-likeness (QED) is 0.100. The van der Waals surface area contributed by atoms with E-state index in [0.29, 0.717) is 17.7 Å². The van der Waals surface area contributed by atoms with Gasteiger partial charge in [-0.25, -0.2) is 15.0 Å². The molecule has 11 rings (SSSR count). The van der Waals surface area contributed by atoms with Crippen LogP contribution in [0.25, 0.3) is 95.5 Å². The maximum absolute atomic E-state index is 6.47. The monoisotopic (exact) mass is 838 g/mol. The van der Waals surface area contributed by atoms with E-state index in [1.807, 2.05) is 110 Å². The van der Waals surface area contributed by atoms with E-state index >= 15 is 0 Å². The maximum Gasteiger partial charge on any atom is 0.227 e. The number of para-hydroxylation sites is 3. The van der Waals surface area contributed by atoms with E-state index in [1.54, 1.807) is 6.08 Å². The lowest BCUT2D eigenvalue weighted by atomic mass is 10.1. The van der Waals surface area contributed by atoms with Gasteiger partial charge in [0.05, 0.1) is 0 Å². The van der Waals surface area contributed by atoms with Crippen LogP contribution in [0.2, 0.25) is 0 Å². The molecule has 308 valence electrons. The Labute approximate surface area is 375 Å². The Morgan fingerprint density at radius 3 is 1.28 bits per heavy atom. The van der Waals surface area contributed by atoms with Gasteiger partial charge in [-0.2, -0.15) is 0 Å². The maximum atomic E-state index is 6.47. The van der Waals surface area contributed by atoms with Crippen molar-refractivity contribution in [2.24, 2.45) is 0 Å². The zero-order valence-electron chi connectivity index (χ0n) is 35.2. The van der Waals surface area contributed by atoms with Crippen LogP contribution in [0.4, 0.5) is 17.1 Å². The number of anilines is 3. The molecule has 0 unspecified atom stereocenters. The number of terminal acetylenes is 1. The lowest BCUT2D eigenvalue weighted by Crippen LogP contribution is -2.09. The Kier molecular flexibility index (Phi) is 10.00. The molecule has 7 nitrogen and oxygen atoms in total. The van der Waals surface area contributed by atoms with Crippen LogP contribution >= 0.6 is 0 Å². The summed E-state index contributed by atoms with van der Waals surface area (Å²) in [5.41, 5.74) is 16.2. The zero-order chi connectivity index (χ0) is 43.7. The van der Waals surface area contributed by atoms with Gasteiger partial charge in [0.1, 0.15) is 16.6 Å². The van der Waals surface area contributed by atoms with Crippen LogP contribution < -0.4 is 4.90 Å². The van der Waals surface area contributed by atoms with Gasteiger partial charge in [0.15, 0.2) is 16.7 Å². The average molecular weight is 839 g/mol. The van der Waals surface area contributed by atoms with Crippen molar-refractivity contribution in [1.29, 1.82) is 0 Å². The molecule has 0 spiro atoms. The fourth-order valence-electron chi connectivity index (χ4n) is 8.26. The summed E-state index contributed by atoms with van der Waals surface area (Å²) in [6.07, 6.45) is 10.9. The highest BCUT2D eigenvalue weighted by atomic mass is 16.4. The van der Waals surface area contributed by atoms with E-state index < -0.39 is 0 Å². The summed E-state index contributed by atoms with van der Waals surface area (Å²) in [4.78, 5) is 16.9. The number of nitrogens with zero attached hydrogens (tertiary/aromatic N) is 4. The number of hydrogen-bond donors (Lipinski definition) is 0. The molecule has 65 heavy (non-hydrogen) atoms. The molecule has 0 N–H and O–H groups in total. The molecular weight excluding hydrogens is 801 g/mol. The second-order valence-electron chi connectivity index (χ2n) is 15.6. The molecule has 0 aliphatic heterocycles. The molecule has 7 heteroatoms. The first kappa shape index (κ1) is 38.9. The lowest BCUT2D eigenvalue weighted by Gasteiger charge is -2.26. The van der Waals surface area contributed by atoms with Crippen LogP contribution in [-0.2, 0) is 0 Å². The highest BCUT2D eigenvalue weighted by Gasteiger charge is 2.19. The van der Waals surface area contributed by atoms with Gasteiger partial charge in [0.25, 0.3) is 0 Å². The average Bonchev–Trinajstić information content (AvgIpc) is 4.13. The number of benzene rings is 8. The molecule has 0 aliphatic rings. The van der Waals surface area contributed by atoms with Gasteiger partial charge in [0.2, 0.25) is 17.7 Å². The number of aromatic nitrogens is 3. The van der Waals surface area contributed by atoms with Crippen molar-refractivity contribution in [3.05, 3.63) is 212 Å². The lowest BCUT2D eigenvalue weighted by molar-refractivity contribution is 0.618. The van der Waals surface area contributed by atoms with Crippen molar-refractivity contribution in [3.8, 4) is 69.0 Å². The van der Waals surface area contributed by atoms with Crippen molar-refractivity contribution >= 4 is 55.9 Å². The molecule has 0 saturated carbocycles. The molecule has 11 aromatic rings. The van der Waals surface area contributed by atoms with Crippen LogP contribution in [-0.4, -0.2) is 15.0 Å². The SMILES string of the molecule is C#C/C=C\C=C(/C)c1cccc2nc(-c3ccc(N(c4ccc(-c5nc6cccc(-c7ccccc7)c6o5)cc4)c4ccc(-c5nc6cccc(-c7ccccc7)c6o5)cc4)cc3)oc12. The van der Waals surface area contributed by atoms with Crippen molar-refractivity contribution in [3.63, 3.8) is 0 Å². The van der Waals surface area contributed by atoms with E-state index in [9.17, 15) is 0 Å². The van der Waals surface area contributed by atoms with Crippen molar-refractivity contribution in [2.75, 3.05) is 4.90 Å². The fraction of sp³-hybridized carbons (Fsp3) is 0.0172. The number of fused-ring (bicyclic) bond motifs is 3. The van der Waals surface area contributed by atoms with E-state index in [1.165, 1.54) is 0 Å². The Hall–Kier alpha value is -8.99. The van der Waals surface area contributed by atoms with Crippen LogP contribution in [0.5, 0.6) is 0 Å². The second kappa shape index (κ2) is 16.7. The largest absolute Gasteiger partial charge is 0.435 e. The summed E-state index contributed by atoms with van der Waals surface area (Å²) in [5.74, 6) is 4.18. The molecule has 3 aromatic heterocycles. The third-order valence-electron chi connectivity index (χ3n) is 11.5. The van der Waals surface area contributed by atoms with Gasteiger partial charge in [-0.3, -0.25) is 0 Å². The van der Waals surface area contributed by atoms with E-state index in [0.717, 1.165) is 100 Å². The third-order valence-corrected chi connectivity index (χ3v) is 11.5. The number of hydrogen-bond acceptors (Lipinski definition) is 7. The molecule has 0 atom stereocenters. The van der Waals surface area contributed by atoms with E-state index in [2.05, 4.69) is 108 Å². The minimum absolute atomic E-state index is 0.536. The van der Waals surface area contributed by atoms with Gasteiger partial charge < -0.3 is 18.2 Å². The Morgan fingerprint density at radius 1 is 0.446 bits per heavy atom. The van der Waals surface area contributed by atoms with Gasteiger partial charge in [-0.05, 0) is 121 Å². The van der Waals surface area contributed by atoms with Crippen LogP contribution in [0.15, 0.2) is 220 Å². The predicted octanol–water partition coefficient (Wildman–Crippen LogP) is 15.5. The molecule has 0 saturated heterocycles. The van der Waals surface area contributed by atoms with Crippen molar-refractivity contribution in [1.82, 2.24) is 15.0 Å². The summed E-state index contributed by atoms with van der Waals surface area (Å²) in [6, 6.07) is 63.4. The molecule has 8 aromatic carbocycles. The molecule has 3 heterocycles. The first-order chi connectivity index (χ1) is 32.1. The topological polar surface area (TPSA) is 81.3 Å². The number of oxazole rings is 3. The van der Waals surface area contributed by atoms with Crippen molar-refractivity contribution < 1.29 is 13.3 Å². The molecule has 0 aliphatic carbocycles. The number of allylic oxidation sites excluding steroid dienone is 4. The minimum atomic E-state index is 0.536. The highest BCUT2D eigenvalue weighted by Crippen LogP contribution is 2.40. The Morgan fingerprint density at radius 2 is 0.846 bits per heavy atom. The zero-order valence-corrected chi connectivity index (χ0v) is 35.2. The molecule has 0 bridgehead atoms. The molecule has 0 amide bonds. The standard InChI is InChI=1S/C58H38N4O3/c1-3-4-7-15-38(2)47-20-12-23-50-53(47)63-56(59-50)41-26-32-44(33-27-41)62(45-34-28-42(29-35-45)57-60-51-24-13-21-48(54(51)64-57)39-16-8-5-9-17-39)46-36-30-43(31-37-46)58-61-52-25-14-22-49(55(52)65-58)40-18-10-6-11-19-40/h1,4-37H,2H3/b7-4-,38-15+. The van der Waals surface area contributed by atoms with Crippen LogP contribution in [0.1, 0.15) is 12.5 Å². The van der Waals surface area contributed by atoms with Crippen LogP contribution in [0, 0.1) is 12.3 Å². The van der Waals surface area contributed by atoms with Gasteiger partial charge in [-0.1, -0.05) is 115 Å². The van der Waals surface area contributed by atoms with Gasteiger partial charge in [-0.15, -0.1) is 6.42 Å². The van der Waals surface area contributed by atoms with Gasteiger partial charge >= 0.3 is 0 Å². The predicted molar refractivity (Wildman–Crippen MR) is 263 cm³/mol. The molecule has 0 radical (unpaired) electrons. The number of rotatable bonds is 10. The van der Waals surface area contributed by atoms with Crippen molar-refractivity contribution in [2.45, 2.75) is 6.92 Å². The molecular formula is C58H38N4O3.